The van der Waals surface area contributed by atoms with E-state index in [9.17, 15) is 4.79 Å². The van der Waals surface area contributed by atoms with Gasteiger partial charge in [0.2, 0.25) is 0 Å². The monoisotopic (exact) mass is 490 g/mol. The molecule has 1 saturated carbocycles. The van der Waals surface area contributed by atoms with Crippen molar-refractivity contribution in [3.63, 3.8) is 0 Å². The molecule has 1 saturated heterocycles. The first kappa shape index (κ1) is 25.9. The van der Waals surface area contributed by atoms with Crippen LogP contribution in [0.5, 0.6) is 5.75 Å². The Kier molecular flexibility index (Phi) is 9.95. The van der Waals surface area contributed by atoms with Gasteiger partial charge in [0.25, 0.3) is 5.95 Å². The molecule has 1 aromatic heterocycles. The lowest BCUT2D eigenvalue weighted by molar-refractivity contribution is -0.129. The lowest BCUT2D eigenvalue weighted by Gasteiger charge is -2.14. The largest absolute Gasteiger partial charge is 0.461 e. The average molecular weight is 491 g/mol. The standard InChI is InChI=1S/C30H38N2O4/c1-2-3-4-5-6-8-11-23-20-31-29(32-21-23)24-14-16-26(17-15-24)35-28(33)19-18-27-22-34-30(36-27)25-12-9-7-10-13-25/h14-21,27H,2-13,22H2,1H3/b19-18+/t27-/m0/s1. The highest BCUT2D eigenvalue weighted by atomic mass is 16.7. The minimum Gasteiger partial charge on any atom is -0.461 e. The van der Waals surface area contributed by atoms with Crippen LogP contribution in [0.1, 0.15) is 83.1 Å². The number of unbranched alkanes of at least 4 members (excludes halogenated alkanes) is 5. The van der Waals surface area contributed by atoms with Crippen LogP contribution < -0.4 is 4.74 Å². The molecule has 1 aliphatic carbocycles. The van der Waals surface area contributed by atoms with Gasteiger partial charge >= 0.3 is 5.97 Å². The normalized spacial score (nSPS) is 17.8. The van der Waals surface area contributed by atoms with Gasteiger partial charge in [-0.05, 0) is 74.4 Å². The van der Waals surface area contributed by atoms with Gasteiger partial charge in [0.1, 0.15) is 12.4 Å². The first-order valence-corrected chi connectivity index (χ1v) is 13.5. The predicted molar refractivity (Wildman–Crippen MR) is 140 cm³/mol. The molecular weight excluding hydrogens is 452 g/mol. The molecule has 36 heavy (non-hydrogen) atoms. The number of carbonyl (C=O) groups excluding carboxylic acids is 1. The van der Waals surface area contributed by atoms with Crippen LogP contribution in [0.3, 0.4) is 0 Å². The molecule has 1 aromatic carbocycles. The van der Waals surface area contributed by atoms with Crippen LogP contribution in [0.4, 0.5) is 0 Å². The Bertz CT molecular complexity index is 1020. The minimum atomic E-state index is -0.444. The predicted octanol–water partition coefficient (Wildman–Crippen LogP) is 7.10. The fourth-order valence-corrected chi connectivity index (χ4v) is 4.58. The van der Waals surface area contributed by atoms with Crippen LogP contribution in [0, 0.1) is 0 Å². The molecule has 0 unspecified atom stereocenters. The summed E-state index contributed by atoms with van der Waals surface area (Å²) in [5.74, 6) is 1.36. The summed E-state index contributed by atoms with van der Waals surface area (Å²) in [6.07, 6.45) is 21.1. The summed E-state index contributed by atoms with van der Waals surface area (Å²) in [5.41, 5.74) is 3.32. The molecule has 192 valence electrons. The van der Waals surface area contributed by atoms with E-state index in [1.165, 1.54) is 75.0 Å². The van der Waals surface area contributed by atoms with E-state index in [1.54, 1.807) is 18.2 Å². The summed E-state index contributed by atoms with van der Waals surface area (Å²) in [4.78, 5) is 21.3. The highest BCUT2D eigenvalue weighted by molar-refractivity contribution is 5.84. The minimum absolute atomic E-state index is 0.259. The summed E-state index contributed by atoms with van der Waals surface area (Å²) in [6.45, 7) is 2.67. The van der Waals surface area contributed by atoms with Crippen molar-refractivity contribution in [3.8, 4) is 17.1 Å². The Morgan fingerprint density at radius 1 is 1.00 bits per heavy atom. The van der Waals surface area contributed by atoms with E-state index in [-0.39, 0.29) is 6.10 Å². The van der Waals surface area contributed by atoms with Crippen molar-refractivity contribution in [2.45, 2.75) is 90.1 Å². The molecule has 2 fully saturated rings. The van der Waals surface area contributed by atoms with E-state index in [0.29, 0.717) is 24.1 Å². The zero-order valence-corrected chi connectivity index (χ0v) is 21.4. The molecular formula is C30H38N2O4. The summed E-state index contributed by atoms with van der Waals surface area (Å²) in [7, 11) is 0. The lowest BCUT2D eigenvalue weighted by Crippen LogP contribution is -2.09. The second-order valence-corrected chi connectivity index (χ2v) is 9.66. The van der Waals surface area contributed by atoms with Gasteiger partial charge in [-0.2, -0.15) is 0 Å². The third kappa shape index (κ3) is 7.94. The molecule has 2 aliphatic rings. The summed E-state index contributed by atoms with van der Waals surface area (Å²) in [5, 5.41) is 0. The van der Waals surface area contributed by atoms with Gasteiger partial charge in [0.05, 0.1) is 0 Å². The summed E-state index contributed by atoms with van der Waals surface area (Å²) < 4.78 is 17.0. The van der Waals surface area contributed by atoms with Crippen molar-refractivity contribution in [1.82, 2.24) is 9.97 Å². The SMILES string of the molecule is CCCCCCCCc1cnc(-c2ccc(OC(=O)/C=C/[C@H]3COC(=C4CCCCC4)O3)cc2)nc1. The highest BCUT2D eigenvalue weighted by Crippen LogP contribution is 2.30. The zero-order chi connectivity index (χ0) is 25.0. The van der Waals surface area contributed by atoms with Gasteiger partial charge in [-0.25, -0.2) is 14.8 Å². The van der Waals surface area contributed by atoms with Gasteiger partial charge in [0, 0.05) is 29.6 Å². The van der Waals surface area contributed by atoms with Crippen LogP contribution in [0.15, 0.2) is 60.3 Å². The van der Waals surface area contributed by atoms with E-state index in [2.05, 4.69) is 16.9 Å². The van der Waals surface area contributed by atoms with E-state index < -0.39 is 5.97 Å². The molecule has 1 aliphatic heterocycles. The number of aryl methyl sites for hydroxylation is 1. The van der Waals surface area contributed by atoms with Crippen molar-refractivity contribution in [2.24, 2.45) is 0 Å². The Morgan fingerprint density at radius 2 is 1.72 bits per heavy atom. The molecule has 0 spiro atoms. The number of nitrogens with zero attached hydrogens (tertiary/aromatic N) is 2. The highest BCUT2D eigenvalue weighted by Gasteiger charge is 2.24. The zero-order valence-electron chi connectivity index (χ0n) is 21.4. The fraction of sp³-hybridized carbons (Fsp3) is 0.500. The number of hydrogen-bond donors (Lipinski definition) is 0. The van der Waals surface area contributed by atoms with Gasteiger partial charge in [0.15, 0.2) is 11.9 Å². The van der Waals surface area contributed by atoms with Crippen LogP contribution in [-0.2, 0) is 20.7 Å². The smallest absolute Gasteiger partial charge is 0.335 e. The maximum absolute atomic E-state index is 12.3. The maximum atomic E-state index is 12.3. The fourth-order valence-electron chi connectivity index (χ4n) is 4.58. The Labute approximate surface area is 214 Å². The second kappa shape index (κ2) is 13.8. The summed E-state index contributed by atoms with van der Waals surface area (Å²) >= 11 is 0. The van der Waals surface area contributed by atoms with Gasteiger partial charge in [-0.1, -0.05) is 45.4 Å². The van der Waals surface area contributed by atoms with Crippen LogP contribution >= 0.6 is 0 Å². The van der Waals surface area contributed by atoms with Gasteiger partial charge in [-0.15, -0.1) is 0 Å². The van der Waals surface area contributed by atoms with Crippen molar-refractivity contribution in [1.29, 1.82) is 0 Å². The first-order chi connectivity index (χ1) is 17.7. The molecule has 1 atom stereocenters. The van der Waals surface area contributed by atoms with E-state index in [0.717, 1.165) is 24.8 Å². The van der Waals surface area contributed by atoms with E-state index in [4.69, 9.17) is 14.2 Å². The van der Waals surface area contributed by atoms with E-state index >= 15 is 0 Å². The Balaban J connectivity index is 1.21. The molecule has 0 radical (unpaired) electrons. The third-order valence-corrected chi connectivity index (χ3v) is 6.69. The van der Waals surface area contributed by atoms with Crippen LogP contribution in [0.25, 0.3) is 11.4 Å². The number of allylic oxidation sites excluding steroid dienone is 1. The third-order valence-electron chi connectivity index (χ3n) is 6.69. The average Bonchev–Trinajstić information content (AvgIpc) is 3.40. The second-order valence-electron chi connectivity index (χ2n) is 9.66. The maximum Gasteiger partial charge on any atom is 0.335 e. The van der Waals surface area contributed by atoms with Gasteiger partial charge in [-0.3, -0.25) is 0 Å². The molecule has 6 heteroatoms. The number of rotatable bonds is 11. The molecule has 0 bridgehead atoms. The number of hydrogen-bond acceptors (Lipinski definition) is 6. The van der Waals surface area contributed by atoms with Crippen molar-refractivity contribution in [3.05, 3.63) is 65.9 Å². The van der Waals surface area contributed by atoms with Crippen molar-refractivity contribution in [2.75, 3.05) is 6.61 Å². The molecule has 0 N–H and O–H groups in total. The number of carbonyl (C=O) groups is 1. The number of aromatic nitrogens is 2. The summed E-state index contributed by atoms with van der Waals surface area (Å²) in [6, 6.07) is 7.25. The number of ether oxygens (including phenoxy) is 3. The van der Waals surface area contributed by atoms with Gasteiger partial charge < -0.3 is 14.2 Å². The van der Waals surface area contributed by atoms with E-state index in [1.807, 2.05) is 24.5 Å². The number of benzene rings is 1. The quantitative estimate of drug-likeness (QED) is 0.145. The first-order valence-electron chi connectivity index (χ1n) is 13.5. The van der Waals surface area contributed by atoms with Crippen molar-refractivity contribution >= 4 is 5.97 Å². The Morgan fingerprint density at radius 3 is 2.47 bits per heavy atom. The van der Waals surface area contributed by atoms with Crippen LogP contribution in [0.2, 0.25) is 0 Å². The van der Waals surface area contributed by atoms with Crippen molar-refractivity contribution < 1.29 is 19.0 Å². The number of esters is 1. The Hall–Kier alpha value is -3.15. The molecule has 4 rings (SSSR count). The molecule has 0 amide bonds. The lowest BCUT2D eigenvalue weighted by atomic mass is 9.96. The molecule has 2 aromatic rings. The topological polar surface area (TPSA) is 70.5 Å². The molecule has 6 nitrogen and oxygen atoms in total. The molecule has 2 heterocycles. The van der Waals surface area contributed by atoms with Crippen LogP contribution in [-0.4, -0.2) is 28.6 Å².